The van der Waals surface area contributed by atoms with Crippen LogP contribution in [0.2, 0.25) is 0 Å². The quantitative estimate of drug-likeness (QED) is 0.133. The van der Waals surface area contributed by atoms with Gasteiger partial charge in [0, 0.05) is 78.5 Å². The van der Waals surface area contributed by atoms with Crippen LogP contribution in [0, 0.1) is 23.7 Å². The third kappa shape index (κ3) is 23.9. The molecule has 46 heavy (non-hydrogen) atoms. The van der Waals surface area contributed by atoms with Crippen LogP contribution in [0.3, 0.4) is 0 Å². The van der Waals surface area contributed by atoms with Crippen molar-refractivity contribution in [1.29, 1.82) is 0 Å². The van der Waals surface area contributed by atoms with Crippen molar-refractivity contribution < 1.29 is 127 Å². The molecule has 0 spiro atoms. The molecule has 2 heterocycles. The average Bonchev–Trinajstić information content (AvgIpc) is 3.69. The zero-order chi connectivity index (χ0) is 25.6. The van der Waals surface area contributed by atoms with Gasteiger partial charge in [-0.15, -0.1) is 24.4 Å². The molecule has 4 saturated carbocycles. The normalized spacial score (nSPS) is 31.6. The van der Waals surface area contributed by atoms with E-state index < -0.39 is 24.4 Å². The van der Waals surface area contributed by atoms with Crippen molar-refractivity contribution in [3.05, 3.63) is 0 Å². The molecule has 6 fully saturated rings. The molecule has 0 aromatic carbocycles. The van der Waals surface area contributed by atoms with Gasteiger partial charge >= 0.3 is 40.2 Å². The summed E-state index contributed by atoms with van der Waals surface area (Å²) in [4.78, 5) is 0. The van der Waals surface area contributed by atoms with Gasteiger partial charge in [0.1, 0.15) is 0 Å². The second kappa shape index (κ2) is 39.4. The Morgan fingerprint density at radius 3 is 0.543 bits per heavy atom. The molecule has 20 heteroatoms. The summed E-state index contributed by atoms with van der Waals surface area (Å²) in [6, 6.07) is 0. The first-order valence-electron chi connectivity index (χ1n) is 14.5. The zero-order valence-electron chi connectivity index (χ0n) is 26.3. The summed E-state index contributed by atoms with van der Waals surface area (Å²) in [6.45, 7) is 13.2. The van der Waals surface area contributed by atoms with Gasteiger partial charge in [-0.1, -0.05) is 49.4 Å². The number of rotatable bonds is 0. The van der Waals surface area contributed by atoms with Crippen LogP contribution in [-0.2, 0) is 51.2 Å². The first-order valence-corrected chi connectivity index (χ1v) is 14.5. The molecule has 0 amide bonds. The van der Waals surface area contributed by atoms with Crippen LogP contribution >= 0.6 is 0 Å². The maximum Gasteiger partial charge on any atom is 5.00 e. The molecule has 0 aromatic rings. The van der Waals surface area contributed by atoms with Crippen LogP contribution in [-0.4, -0.2) is 125 Å². The number of nitrogens with one attached hydrogen (secondary N) is 6. The van der Waals surface area contributed by atoms with Gasteiger partial charge in [-0.05, 0) is 12.8 Å². The number of hydrogen-bond acceptors (Lipinski definition) is 10. The third-order valence-electron chi connectivity index (χ3n) is 8.40. The monoisotopic (exact) mass is 966 g/mol. The third-order valence-corrected chi connectivity index (χ3v) is 8.40. The molecule has 8 atom stereocenters. The topological polar surface area (TPSA) is 347 Å². The number of fused-ring (bicyclic) bond motifs is 4. The van der Waals surface area contributed by atoms with Crippen LogP contribution in [0.5, 0.6) is 0 Å². The fraction of sp³-hybridized carbons (Fsp3) is 1.00. The minimum absolute atomic E-state index is 0. The largest absolute Gasteiger partial charge is 5.00 e. The molecular weight excluding hydrogens is 912 g/mol. The second-order valence-electron chi connectivity index (χ2n) is 11.0. The predicted octanol–water partition coefficient (Wildman–Crippen LogP) is -14.2. The Bertz CT molecular complexity index is 474. The van der Waals surface area contributed by atoms with Crippen molar-refractivity contribution in [2.75, 3.05) is 78.5 Å². The molecule has 16 nitrogen and oxygen atoms in total. The van der Waals surface area contributed by atoms with E-state index in [1.165, 1.54) is 0 Å². The summed E-state index contributed by atoms with van der Waals surface area (Å²) in [5, 5.41) is 63.6. The van der Waals surface area contributed by atoms with Crippen LogP contribution in [0.1, 0.15) is 38.5 Å². The van der Waals surface area contributed by atoms with Crippen molar-refractivity contribution in [3.8, 4) is 0 Å². The van der Waals surface area contributed by atoms with E-state index in [1.54, 1.807) is 0 Å². The van der Waals surface area contributed by atoms with Crippen LogP contribution in [0.15, 0.2) is 0 Å². The molecule has 280 valence electrons. The Kier molecular flexibility index (Phi) is 56.5. The first-order chi connectivity index (χ1) is 17.6. The molecule has 4 aliphatic carbocycles. The van der Waals surface area contributed by atoms with E-state index in [4.69, 9.17) is 0 Å². The summed E-state index contributed by atoms with van der Waals surface area (Å²) >= 11 is 0. The van der Waals surface area contributed by atoms with Gasteiger partial charge in [0.05, 0.1) is 0 Å². The molecule has 6 rings (SSSR count). The molecule has 0 unspecified atom stereocenters. The molecule has 2 saturated heterocycles. The minimum Gasteiger partial charge on any atom is -2.00 e. The molecule has 0 aromatic heterocycles. The van der Waals surface area contributed by atoms with Crippen LogP contribution < -0.4 is 86.3 Å². The van der Waals surface area contributed by atoms with Crippen molar-refractivity contribution in [1.82, 2.24) is 31.9 Å². The van der Waals surface area contributed by atoms with Gasteiger partial charge < -0.3 is 119 Å². The molecule has 4 bridgehead atoms. The van der Waals surface area contributed by atoms with Crippen LogP contribution in [0.4, 0.5) is 0 Å². The molecule has 2 aliphatic heterocycles. The summed E-state index contributed by atoms with van der Waals surface area (Å²) in [5.41, 5.74) is 0. The summed E-state index contributed by atoms with van der Waals surface area (Å²) in [7, 11) is 0. The zero-order valence-corrected chi connectivity index (χ0v) is 33.2. The van der Waals surface area contributed by atoms with E-state index in [1.807, 2.05) is 0 Å². The van der Waals surface area contributed by atoms with Gasteiger partial charge in [-0.3, -0.25) is 0 Å². The Labute approximate surface area is 322 Å². The SMILES string of the molecule is C1CNCCNCCN1.C1CNCCNCCN1.O.O.O.O.[Br-].[Br-].[O-2].[O-2].[O-][C@@H]1[C@H]2CC[C@H](C2)[C@@H]1[O-].[O-][C@@H]1[C@H]2CC[C@H](C2)[C@@H]1[O-].[Tc+5].[Tc+5]. The van der Waals surface area contributed by atoms with Crippen molar-refractivity contribution in [3.63, 3.8) is 0 Å². The van der Waals surface area contributed by atoms with Crippen LogP contribution in [0.25, 0.3) is 0 Å². The number of halogens is 2. The summed E-state index contributed by atoms with van der Waals surface area (Å²) in [5.74, 6) is 0.991. The molecule has 14 N–H and O–H groups in total. The fourth-order valence-electron chi connectivity index (χ4n) is 6.18. The Balaban J connectivity index is -0.0000000650. The Morgan fingerprint density at radius 1 is 0.326 bits per heavy atom. The van der Waals surface area contributed by atoms with Gasteiger partial charge in [0.25, 0.3) is 0 Å². The predicted molar refractivity (Wildman–Crippen MR) is 150 cm³/mol. The van der Waals surface area contributed by atoms with Gasteiger partial charge in [-0.2, -0.15) is 0 Å². The number of hydrogen-bond donors (Lipinski definition) is 6. The van der Waals surface area contributed by atoms with E-state index in [0.29, 0.717) is 0 Å². The minimum atomic E-state index is -0.760. The maximum atomic E-state index is 10.9. The standard InChI is InChI=1S/2C7H10O2.2C6H15N3.2BrH.4H2O.2O.2Tc/c2*8-6-4-1-2-5(3-4)7(6)9;2*1-2-8-5-6-9-4-3-7-1;;;;;;;;;;/h2*4-7H,1-3H2;2*7-9H,1-6H2;2*1H;4*1H2;;;;/q2*-2;;;;;;;;;2*-2;2*+5/p-2/t2*4-,5+,6+,7-;;;;;;;;;;;;. The fourth-order valence-corrected chi connectivity index (χ4v) is 6.18. The van der Waals surface area contributed by atoms with Gasteiger partial charge in [0.15, 0.2) is 0 Å². The van der Waals surface area contributed by atoms with Gasteiger partial charge in [0.2, 0.25) is 0 Å². The van der Waals surface area contributed by atoms with Crippen molar-refractivity contribution >= 4 is 0 Å². The molecule has 6 aliphatic rings. The second-order valence-corrected chi connectivity index (χ2v) is 11.0. The van der Waals surface area contributed by atoms with E-state index in [2.05, 4.69) is 31.9 Å². The van der Waals surface area contributed by atoms with E-state index in [9.17, 15) is 20.4 Å². The average molecular weight is 971 g/mol. The first kappa shape index (κ1) is 65.9. The summed E-state index contributed by atoms with van der Waals surface area (Å²) in [6.07, 6.45) is 2.93. The van der Waals surface area contributed by atoms with E-state index >= 15 is 0 Å². The Morgan fingerprint density at radius 2 is 0.457 bits per heavy atom. The Hall–Kier alpha value is 1.62. The smallest absolute Gasteiger partial charge is 2.00 e. The van der Waals surface area contributed by atoms with Crippen molar-refractivity contribution in [2.24, 2.45) is 23.7 Å². The van der Waals surface area contributed by atoms with E-state index in [0.717, 1.165) is 117 Å². The maximum absolute atomic E-state index is 10.9. The summed E-state index contributed by atoms with van der Waals surface area (Å²) < 4.78 is 0. The van der Waals surface area contributed by atoms with E-state index in [-0.39, 0.29) is 131 Å². The molecule has 0 radical (unpaired) electrons. The molecular formula is C26H58Br2N6O10Tc2. The van der Waals surface area contributed by atoms with Crippen molar-refractivity contribution in [2.45, 2.75) is 62.9 Å². The van der Waals surface area contributed by atoms with Gasteiger partial charge in [-0.25, -0.2) is 0 Å².